The van der Waals surface area contributed by atoms with Crippen molar-refractivity contribution in [1.29, 1.82) is 0 Å². The van der Waals surface area contributed by atoms with Crippen LogP contribution in [0.15, 0.2) is 42.5 Å². The molecule has 1 amide bonds. The summed E-state index contributed by atoms with van der Waals surface area (Å²) in [7, 11) is 3.07. The van der Waals surface area contributed by atoms with Crippen molar-refractivity contribution in [2.24, 2.45) is 0 Å². The first-order chi connectivity index (χ1) is 12.6. The lowest BCUT2D eigenvalue weighted by Crippen LogP contribution is -2.47. The molecule has 9 heteroatoms. The van der Waals surface area contributed by atoms with Crippen LogP contribution in [-0.2, 0) is 4.79 Å². The fourth-order valence-electron chi connectivity index (χ4n) is 2.53. The maximum Gasteiger partial charge on any atom is 0.246 e. The summed E-state index contributed by atoms with van der Waals surface area (Å²) >= 11 is 0. The maximum atomic E-state index is 13.0. The van der Waals surface area contributed by atoms with Gasteiger partial charge in [0, 0.05) is 29.6 Å². The Morgan fingerprint density at radius 3 is 2.27 bits per heavy atom. The van der Waals surface area contributed by atoms with Crippen LogP contribution in [0.2, 0.25) is 0 Å². The molecular formula is C17H20FN5O3. The SMILES string of the molecule is COc1cc(NC(=O)C2NNNC2Nc2ccc(F)cc2)cc(OC)c1. The van der Waals surface area contributed by atoms with Crippen molar-refractivity contribution in [2.45, 2.75) is 12.2 Å². The largest absolute Gasteiger partial charge is 0.497 e. The summed E-state index contributed by atoms with van der Waals surface area (Å²) in [6.07, 6.45) is -0.451. The van der Waals surface area contributed by atoms with Gasteiger partial charge in [-0.1, -0.05) is 0 Å². The monoisotopic (exact) mass is 361 g/mol. The van der Waals surface area contributed by atoms with E-state index < -0.39 is 12.2 Å². The van der Waals surface area contributed by atoms with Gasteiger partial charge in [0.25, 0.3) is 0 Å². The molecule has 138 valence electrons. The molecule has 2 aromatic carbocycles. The number of ether oxygens (including phenoxy) is 2. The zero-order valence-electron chi connectivity index (χ0n) is 14.3. The highest BCUT2D eigenvalue weighted by Gasteiger charge is 2.33. The Morgan fingerprint density at radius 1 is 1.00 bits per heavy atom. The Morgan fingerprint density at radius 2 is 1.65 bits per heavy atom. The number of nitrogens with one attached hydrogen (secondary N) is 5. The number of methoxy groups -OCH3 is 2. The minimum absolute atomic E-state index is 0.280. The Balaban J connectivity index is 1.69. The van der Waals surface area contributed by atoms with Gasteiger partial charge in [-0.3, -0.25) is 4.79 Å². The number of hydrogen-bond donors (Lipinski definition) is 5. The first-order valence-corrected chi connectivity index (χ1v) is 7.91. The zero-order chi connectivity index (χ0) is 18.5. The summed E-state index contributed by atoms with van der Waals surface area (Å²) in [5, 5.41) is 5.93. The summed E-state index contributed by atoms with van der Waals surface area (Å²) in [6.45, 7) is 0. The lowest BCUT2D eigenvalue weighted by atomic mass is 10.2. The highest BCUT2D eigenvalue weighted by molar-refractivity contribution is 5.96. The van der Waals surface area contributed by atoms with Crippen molar-refractivity contribution in [1.82, 2.24) is 16.4 Å². The number of hydrogen-bond acceptors (Lipinski definition) is 7. The van der Waals surface area contributed by atoms with Crippen LogP contribution in [0.1, 0.15) is 0 Å². The average Bonchev–Trinajstić information content (AvgIpc) is 3.11. The minimum atomic E-state index is -0.628. The quantitative estimate of drug-likeness (QED) is 0.528. The van der Waals surface area contributed by atoms with Crippen molar-refractivity contribution in [3.63, 3.8) is 0 Å². The Bertz CT molecular complexity index is 749. The fraction of sp³-hybridized carbons (Fsp3) is 0.235. The molecule has 2 aromatic rings. The molecule has 1 heterocycles. The molecule has 2 unspecified atom stereocenters. The molecule has 1 aliphatic rings. The number of carbonyl (C=O) groups is 1. The van der Waals surface area contributed by atoms with E-state index in [2.05, 4.69) is 27.0 Å². The van der Waals surface area contributed by atoms with Gasteiger partial charge in [0.1, 0.15) is 29.5 Å². The molecule has 26 heavy (non-hydrogen) atoms. The molecule has 0 spiro atoms. The zero-order valence-corrected chi connectivity index (χ0v) is 14.3. The van der Waals surface area contributed by atoms with Crippen LogP contribution in [0.3, 0.4) is 0 Å². The molecule has 1 saturated heterocycles. The molecule has 0 aliphatic carbocycles. The van der Waals surface area contributed by atoms with E-state index in [-0.39, 0.29) is 11.7 Å². The van der Waals surface area contributed by atoms with Crippen molar-refractivity contribution in [3.8, 4) is 11.5 Å². The van der Waals surface area contributed by atoms with Gasteiger partial charge in [-0.2, -0.15) is 5.53 Å². The second-order valence-corrected chi connectivity index (χ2v) is 5.61. The van der Waals surface area contributed by atoms with Crippen molar-refractivity contribution in [2.75, 3.05) is 24.9 Å². The smallest absolute Gasteiger partial charge is 0.246 e. The van der Waals surface area contributed by atoms with E-state index in [1.165, 1.54) is 26.4 Å². The van der Waals surface area contributed by atoms with Crippen molar-refractivity contribution < 1.29 is 18.7 Å². The highest BCUT2D eigenvalue weighted by Crippen LogP contribution is 2.26. The van der Waals surface area contributed by atoms with Crippen molar-refractivity contribution in [3.05, 3.63) is 48.3 Å². The number of carbonyl (C=O) groups excluding carboxylic acids is 1. The maximum absolute atomic E-state index is 13.0. The Hall–Kier alpha value is -2.88. The van der Waals surface area contributed by atoms with Crippen LogP contribution < -0.4 is 36.5 Å². The molecule has 0 bridgehead atoms. The lowest BCUT2D eigenvalue weighted by Gasteiger charge is -2.20. The van der Waals surface area contributed by atoms with E-state index in [0.717, 1.165) is 0 Å². The first kappa shape index (κ1) is 17.9. The first-order valence-electron chi connectivity index (χ1n) is 7.91. The van der Waals surface area contributed by atoms with Crippen LogP contribution in [-0.4, -0.2) is 32.3 Å². The average molecular weight is 361 g/mol. The Labute approximate surface area is 150 Å². The van der Waals surface area contributed by atoms with Gasteiger partial charge in [-0.05, 0) is 24.3 Å². The summed E-state index contributed by atoms with van der Waals surface area (Å²) < 4.78 is 23.4. The second kappa shape index (κ2) is 8.00. The van der Waals surface area contributed by atoms with Gasteiger partial charge in [0.2, 0.25) is 5.91 Å². The number of halogens is 1. The van der Waals surface area contributed by atoms with Gasteiger partial charge in [0.15, 0.2) is 0 Å². The molecular weight excluding hydrogens is 341 g/mol. The van der Waals surface area contributed by atoms with Gasteiger partial charge in [-0.25, -0.2) is 15.2 Å². The molecule has 0 saturated carbocycles. The topological polar surface area (TPSA) is 95.7 Å². The molecule has 2 atom stereocenters. The van der Waals surface area contributed by atoms with Crippen LogP contribution in [0.5, 0.6) is 11.5 Å². The molecule has 8 nitrogen and oxygen atoms in total. The summed E-state index contributed by atoms with van der Waals surface area (Å²) in [6, 6.07) is 10.3. The van der Waals surface area contributed by atoms with Gasteiger partial charge < -0.3 is 20.1 Å². The second-order valence-electron chi connectivity index (χ2n) is 5.61. The lowest BCUT2D eigenvalue weighted by molar-refractivity contribution is -0.118. The fourth-order valence-corrected chi connectivity index (χ4v) is 2.53. The van der Waals surface area contributed by atoms with Crippen LogP contribution in [0.4, 0.5) is 15.8 Å². The van der Waals surface area contributed by atoms with Crippen molar-refractivity contribution >= 4 is 17.3 Å². The molecule has 1 aliphatic heterocycles. The number of hydrazine groups is 2. The van der Waals surface area contributed by atoms with E-state index in [0.29, 0.717) is 22.9 Å². The molecule has 5 N–H and O–H groups in total. The molecule has 1 fully saturated rings. The number of anilines is 2. The normalized spacial score (nSPS) is 19.0. The summed E-state index contributed by atoms with van der Waals surface area (Å²) in [5.74, 6) is 0.525. The third-order valence-electron chi connectivity index (χ3n) is 3.86. The van der Waals surface area contributed by atoms with Crippen LogP contribution >= 0.6 is 0 Å². The predicted octanol–water partition coefficient (Wildman–Crippen LogP) is 1.20. The number of rotatable bonds is 6. The summed E-state index contributed by atoms with van der Waals surface area (Å²) in [4.78, 5) is 12.6. The van der Waals surface area contributed by atoms with E-state index in [4.69, 9.17) is 9.47 Å². The standard InChI is InChI=1S/C17H20FN5O3/c1-25-13-7-12(8-14(9-13)26-2)20-17(24)15-16(22-23-21-15)19-11-5-3-10(18)4-6-11/h3-9,15-16,19,21-23H,1-2H3,(H,20,24). The Kier molecular flexibility index (Phi) is 5.52. The summed E-state index contributed by atoms with van der Waals surface area (Å²) in [5.41, 5.74) is 9.69. The van der Waals surface area contributed by atoms with E-state index >= 15 is 0 Å². The van der Waals surface area contributed by atoms with Crippen LogP contribution in [0.25, 0.3) is 0 Å². The highest BCUT2D eigenvalue weighted by atomic mass is 19.1. The van der Waals surface area contributed by atoms with Crippen LogP contribution in [0, 0.1) is 5.82 Å². The number of amides is 1. The predicted molar refractivity (Wildman–Crippen MR) is 95.2 cm³/mol. The van der Waals surface area contributed by atoms with Gasteiger partial charge in [-0.15, -0.1) is 0 Å². The third kappa shape index (κ3) is 4.20. The van der Waals surface area contributed by atoms with Gasteiger partial charge >= 0.3 is 0 Å². The third-order valence-corrected chi connectivity index (χ3v) is 3.86. The minimum Gasteiger partial charge on any atom is -0.497 e. The van der Waals surface area contributed by atoms with E-state index in [1.807, 2.05) is 0 Å². The number of benzene rings is 2. The molecule has 0 radical (unpaired) electrons. The van der Waals surface area contributed by atoms with E-state index in [9.17, 15) is 9.18 Å². The van der Waals surface area contributed by atoms with Gasteiger partial charge in [0.05, 0.1) is 14.2 Å². The molecule has 3 rings (SSSR count). The molecule has 0 aromatic heterocycles. The van der Waals surface area contributed by atoms with E-state index in [1.54, 1.807) is 30.3 Å².